The number of nitrogens with zero attached hydrogens (tertiary/aromatic N) is 2. The molecule has 1 saturated heterocycles. The number of hydrogen-bond donors (Lipinski definition) is 0. The number of halogens is 1. The van der Waals surface area contributed by atoms with Crippen LogP contribution in [-0.2, 0) is 28.8 Å². The highest BCUT2D eigenvalue weighted by atomic mass is 35.5. The Morgan fingerprint density at radius 2 is 1.77 bits per heavy atom. The lowest BCUT2D eigenvalue weighted by Crippen LogP contribution is -2.32. The molecule has 0 bridgehead atoms. The lowest BCUT2D eigenvalue weighted by atomic mass is 9.88. The number of ether oxygens (including phenoxy) is 2. The number of aryl methyl sites for hydroxylation is 3. The Kier molecular flexibility index (Phi) is 9.56. The fourth-order valence-electron chi connectivity index (χ4n) is 5.73. The number of aromatic nitrogens is 1. The number of fused-ring (bicyclic) bond motifs is 2. The highest BCUT2D eigenvalue weighted by molar-refractivity contribution is 6.30. The van der Waals surface area contributed by atoms with Crippen LogP contribution in [-0.4, -0.2) is 48.2 Å². The maximum atomic E-state index is 11.8. The van der Waals surface area contributed by atoms with E-state index >= 15 is 0 Å². The number of esters is 1. The van der Waals surface area contributed by atoms with Gasteiger partial charge in [0, 0.05) is 42.8 Å². The van der Waals surface area contributed by atoms with Crippen molar-refractivity contribution >= 4 is 23.1 Å². The lowest BCUT2D eigenvalue weighted by Gasteiger charge is -2.30. The van der Waals surface area contributed by atoms with Gasteiger partial charge in [-0.05, 0) is 105 Å². The topological polar surface area (TPSA) is 51.7 Å². The average molecular weight is 559 g/mol. The summed E-state index contributed by atoms with van der Waals surface area (Å²) in [5.74, 6) is 0.722. The molecule has 0 unspecified atom stereocenters. The summed E-state index contributed by atoms with van der Waals surface area (Å²) in [6.07, 6.45) is 8.02. The zero-order valence-corrected chi connectivity index (χ0v) is 24.4. The first kappa shape index (κ1) is 28.4. The van der Waals surface area contributed by atoms with Gasteiger partial charge in [0.2, 0.25) is 0 Å². The van der Waals surface area contributed by atoms with Gasteiger partial charge in [0.15, 0.2) is 0 Å². The predicted molar refractivity (Wildman–Crippen MR) is 161 cm³/mol. The summed E-state index contributed by atoms with van der Waals surface area (Å²) in [4.78, 5) is 19.2. The molecule has 5 rings (SSSR count). The first-order valence-electron chi connectivity index (χ1n) is 14.5. The number of pyridine rings is 1. The van der Waals surface area contributed by atoms with Gasteiger partial charge in [-0.25, -0.2) is 0 Å². The van der Waals surface area contributed by atoms with Crippen molar-refractivity contribution in [3.63, 3.8) is 0 Å². The molecule has 0 amide bonds. The van der Waals surface area contributed by atoms with Crippen LogP contribution in [0, 0.1) is 0 Å². The van der Waals surface area contributed by atoms with Gasteiger partial charge in [0.05, 0.1) is 18.4 Å². The maximum absolute atomic E-state index is 11.8. The van der Waals surface area contributed by atoms with Crippen molar-refractivity contribution in [3.8, 4) is 5.75 Å². The second-order valence-electron chi connectivity index (χ2n) is 11.0. The lowest BCUT2D eigenvalue weighted by molar-refractivity contribution is -0.147. The van der Waals surface area contributed by atoms with E-state index in [0.717, 1.165) is 73.8 Å². The number of carbonyl (C=O) groups excluding carboxylic acids is 1. The Morgan fingerprint density at radius 1 is 1.00 bits per heavy atom. The number of likely N-dealkylation sites (tertiary alicyclic amines) is 1. The molecule has 210 valence electrons. The van der Waals surface area contributed by atoms with E-state index in [1.807, 2.05) is 50.4 Å². The Morgan fingerprint density at radius 3 is 2.55 bits per heavy atom. The molecule has 0 N–H and O–H groups in total. The molecule has 0 radical (unpaired) electrons. The van der Waals surface area contributed by atoms with Crippen molar-refractivity contribution in [2.75, 3.05) is 26.2 Å². The second kappa shape index (κ2) is 13.5. The van der Waals surface area contributed by atoms with Crippen LogP contribution >= 0.6 is 11.6 Å². The minimum Gasteiger partial charge on any atom is -0.494 e. The van der Waals surface area contributed by atoms with Gasteiger partial charge in [-0.2, -0.15) is 0 Å². The van der Waals surface area contributed by atoms with Crippen molar-refractivity contribution in [2.24, 2.45) is 0 Å². The van der Waals surface area contributed by atoms with Crippen molar-refractivity contribution in [2.45, 2.75) is 64.9 Å². The first-order chi connectivity index (χ1) is 19.5. The molecule has 1 aliphatic carbocycles. The molecule has 5 nitrogen and oxygen atoms in total. The summed E-state index contributed by atoms with van der Waals surface area (Å²) in [6.45, 7) is 7.57. The maximum Gasteiger partial charge on any atom is 0.306 e. The van der Waals surface area contributed by atoms with E-state index in [1.54, 1.807) is 0 Å². The summed E-state index contributed by atoms with van der Waals surface area (Å²) in [5, 5.41) is 0.804. The van der Waals surface area contributed by atoms with Gasteiger partial charge in [0.25, 0.3) is 0 Å². The molecule has 2 heterocycles. The van der Waals surface area contributed by atoms with Crippen molar-refractivity contribution in [3.05, 3.63) is 99.3 Å². The highest BCUT2D eigenvalue weighted by Crippen LogP contribution is 2.38. The standard InChI is InChI=1S/C34H39ClN2O3/c1-24(2)40-32(38)15-8-25-6-12-30(13-7-25)39-22-4-19-37-20-16-26(17-21-37)33-31-14-11-29(35)23-28(31)10-9-27-5-3-18-36-34(27)33/h3,5-7,11-14,18,23-24H,4,8-10,15-17,19-22H2,1-2H3. The second-order valence-corrected chi connectivity index (χ2v) is 11.5. The normalized spacial score (nSPS) is 15.4. The van der Waals surface area contributed by atoms with Crippen LogP contribution in [0.15, 0.2) is 66.4 Å². The summed E-state index contributed by atoms with van der Waals surface area (Å²) in [6, 6.07) is 18.7. The molecule has 1 fully saturated rings. The van der Waals surface area contributed by atoms with Crippen LogP contribution in [0.4, 0.5) is 0 Å². The predicted octanol–water partition coefficient (Wildman–Crippen LogP) is 7.08. The molecule has 2 aliphatic rings. The molecular weight excluding hydrogens is 520 g/mol. The van der Waals surface area contributed by atoms with E-state index in [9.17, 15) is 4.79 Å². The zero-order valence-electron chi connectivity index (χ0n) is 23.6. The average Bonchev–Trinajstić information content (AvgIpc) is 3.11. The van der Waals surface area contributed by atoms with E-state index < -0.39 is 0 Å². The van der Waals surface area contributed by atoms with E-state index in [0.29, 0.717) is 19.4 Å². The molecule has 0 atom stereocenters. The molecule has 1 aromatic heterocycles. The minimum atomic E-state index is -0.151. The smallest absolute Gasteiger partial charge is 0.306 e. The zero-order chi connectivity index (χ0) is 27.9. The van der Waals surface area contributed by atoms with Crippen LogP contribution in [0.2, 0.25) is 5.02 Å². The van der Waals surface area contributed by atoms with Crippen molar-refractivity contribution in [1.29, 1.82) is 0 Å². The van der Waals surface area contributed by atoms with Gasteiger partial charge in [-0.3, -0.25) is 9.78 Å². The number of carbonyl (C=O) groups is 1. The summed E-state index contributed by atoms with van der Waals surface area (Å²) in [7, 11) is 0. The van der Waals surface area contributed by atoms with Crippen LogP contribution in [0.5, 0.6) is 5.75 Å². The monoisotopic (exact) mass is 558 g/mol. The molecule has 3 aromatic rings. The molecule has 1 aliphatic heterocycles. The van der Waals surface area contributed by atoms with Crippen LogP contribution < -0.4 is 4.74 Å². The largest absolute Gasteiger partial charge is 0.494 e. The molecular formula is C34H39ClN2O3. The van der Waals surface area contributed by atoms with Gasteiger partial charge in [0.1, 0.15) is 5.75 Å². The first-order valence-corrected chi connectivity index (χ1v) is 14.9. The van der Waals surface area contributed by atoms with Crippen LogP contribution in [0.1, 0.15) is 67.5 Å². The Hall–Kier alpha value is -3.15. The molecule has 0 spiro atoms. The Bertz CT molecular complexity index is 1340. The SMILES string of the molecule is CC(C)OC(=O)CCc1ccc(OCCCN2CCC(=C3c4ccc(Cl)cc4CCc4cccnc43)CC2)cc1. The van der Waals surface area contributed by atoms with E-state index in [1.165, 1.54) is 27.8 Å². The van der Waals surface area contributed by atoms with Gasteiger partial charge >= 0.3 is 5.97 Å². The Labute approximate surface area is 243 Å². The quantitative estimate of drug-likeness (QED) is 0.207. The van der Waals surface area contributed by atoms with Gasteiger partial charge in [-0.1, -0.05) is 41.4 Å². The van der Waals surface area contributed by atoms with Crippen molar-refractivity contribution in [1.82, 2.24) is 9.88 Å². The van der Waals surface area contributed by atoms with E-state index in [-0.39, 0.29) is 12.1 Å². The third kappa shape index (κ3) is 7.32. The van der Waals surface area contributed by atoms with Crippen molar-refractivity contribution < 1.29 is 14.3 Å². The minimum absolute atomic E-state index is 0.0684. The number of rotatable bonds is 9. The molecule has 0 saturated carbocycles. The van der Waals surface area contributed by atoms with E-state index in [4.69, 9.17) is 26.1 Å². The number of piperidine rings is 1. The molecule has 6 heteroatoms. The number of benzene rings is 2. The summed E-state index contributed by atoms with van der Waals surface area (Å²) >= 11 is 6.37. The number of hydrogen-bond acceptors (Lipinski definition) is 5. The van der Waals surface area contributed by atoms with E-state index in [2.05, 4.69) is 29.2 Å². The summed E-state index contributed by atoms with van der Waals surface area (Å²) in [5.41, 5.74) is 9.08. The third-order valence-electron chi connectivity index (χ3n) is 7.74. The van der Waals surface area contributed by atoms with Gasteiger partial charge in [-0.15, -0.1) is 0 Å². The highest BCUT2D eigenvalue weighted by Gasteiger charge is 2.25. The van der Waals surface area contributed by atoms with Gasteiger partial charge < -0.3 is 14.4 Å². The molecule has 2 aromatic carbocycles. The molecule has 40 heavy (non-hydrogen) atoms. The third-order valence-corrected chi connectivity index (χ3v) is 7.97. The fraction of sp³-hybridized carbons (Fsp3) is 0.412. The Balaban J connectivity index is 1.12. The fourth-order valence-corrected chi connectivity index (χ4v) is 5.92. The van der Waals surface area contributed by atoms with Crippen LogP contribution in [0.3, 0.4) is 0 Å². The summed E-state index contributed by atoms with van der Waals surface area (Å²) < 4.78 is 11.2. The van der Waals surface area contributed by atoms with Crippen LogP contribution in [0.25, 0.3) is 5.57 Å².